The molecule has 122 valence electrons. The molecule has 0 fully saturated rings. The summed E-state index contributed by atoms with van der Waals surface area (Å²) >= 11 is 1.33. The Balaban J connectivity index is 1.54. The predicted octanol–water partition coefficient (Wildman–Crippen LogP) is 1.69. The van der Waals surface area contributed by atoms with E-state index in [1.807, 2.05) is 35.7 Å². The number of amides is 2. The SMILES string of the molecule is Nn1ccc(C(=O)NCC(=O)Nc2nc(-c3ccccc3)cs2)c1. The average Bonchev–Trinajstić information content (AvgIpc) is 3.23. The maximum atomic E-state index is 11.9. The van der Waals surface area contributed by atoms with Gasteiger partial charge in [0, 0.05) is 23.3 Å². The Labute approximate surface area is 142 Å². The molecule has 0 atom stereocenters. The van der Waals surface area contributed by atoms with Gasteiger partial charge in [0.25, 0.3) is 5.91 Å². The lowest BCUT2D eigenvalue weighted by Crippen LogP contribution is -2.32. The normalized spacial score (nSPS) is 10.3. The second-order valence-corrected chi connectivity index (χ2v) is 5.84. The fraction of sp³-hybridized carbons (Fsp3) is 0.0625. The highest BCUT2D eigenvalue weighted by Gasteiger charge is 2.11. The number of aromatic nitrogens is 2. The van der Waals surface area contributed by atoms with Crippen molar-refractivity contribution in [2.45, 2.75) is 0 Å². The Morgan fingerprint density at radius 3 is 2.71 bits per heavy atom. The summed E-state index contributed by atoms with van der Waals surface area (Å²) in [4.78, 5) is 28.1. The smallest absolute Gasteiger partial charge is 0.253 e. The number of carbonyl (C=O) groups is 2. The van der Waals surface area contributed by atoms with Crippen molar-refractivity contribution in [1.82, 2.24) is 15.0 Å². The van der Waals surface area contributed by atoms with Gasteiger partial charge < -0.3 is 16.5 Å². The standard InChI is InChI=1S/C16H15N5O2S/c17-21-7-6-12(9-21)15(23)18-8-14(22)20-16-19-13(10-24-16)11-4-2-1-3-5-11/h1-7,9-10H,8,17H2,(H,18,23)(H,19,20,22). The zero-order chi connectivity index (χ0) is 16.9. The summed E-state index contributed by atoms with van der Waals surface area (Å²) in [6.07, 6.45) is 3.02. The molecule has 4 N–H and O–H groups in total. The molecule has 3 aromatic rings. The van der Waals surface area contributed by atoms with Crippen LogP contribution < -0.4 is 16.5 Å². The Morgan fingerprint density at radius 2 is 2.00 bits per heavy atom. The molecule has 8 heteroatoms. The number of benzene rings is 1. The molecule has 0 aliphatic rings. The molecule has 0 saturated carbocycles. The zero-order valence-electron chi connectivity index (χ0n) is 12.6. The van der Waals surface area contributed by atoms with Gasteiger partial charge in [0.15, 0.2) is 5.13 Å². The molecule has 3 rings (SSSR count). The van der Waals surface area contributed by atoms with Gasteiger partial charge in [0.2, 0.25) is 5.91 Å². The van der Waals surface area contributed by atoms with E-state index in [1.54, 1.807) is 12.3 Å². The summed E-state index contributed by atoms with van der Waals surface area (Å²) < 4.78 is 1.27. The van der Waals surface area contributed by atoms with Gasteiger partial charge in [0.1, 0.15) is 0 Å². The van der Waals surface area contributed by atoms with Crippen LogP contribution >= 0.6 is 11.3 Å². The van der Waals surface area contributed by atoms with Crippen molar-refractivity contribution >= 4 is 28.3 Å². The molecule has 2 aromatic heterocycles. The first kappa shape index (κ1) is 15.8. The Bertz CT molecular complexity index is 856. The van der Waals surface area contributed by atoms with E-state index < -0.39 is 0 Å². The summed E-state index contributed by atoms with van der Waals surface area (Å²) in [6.45, 7) is -0.144. The number of nitrogens with zero attached hydrogens (tertiary/aromatic N) is 2. The quantitative estimate of drug-likeness (QED) is 0.615. The van der Waals surface area contributed by atoms with Gasteiger partial charge in [-0.2, -0.15) is 0 Å². The first-order valence-corrected chi connectivity index (χ1v) is 8.02. The number of thiazole rings is 1. The number of nitrogens with one attached hydrogen (secondary N) is 2. The number of anilines is 1. The van der Waals surface area contributed by atoms with E-state index in [9.17, 15) is 9.59 Å². The first-order chi connectivity index (χ1) is 11.6. The molecular formula is C16H15N5O2S. The van der Waals surface area contributed by atoms with Crippen LogP contribution in [0.4, 0.5) is 5.13 Å². The van der Waals surface area contributed by atoms with E-state index in [1.165, 1.54) is 22.2 Å². The molecule has 7 nitrogen and oxygen atoms in total. The molecule has 0 aliphatic heterocycles. The van der Waals surface area contributed by atoms with E-state index in [2.05, 4.69) is 15.6 Å². The number of carbonyl (C=O) groups excluding carboxylic acids is 2. The largest absolute Gasteiger partial charge is 0.343 e. The van der Waals surface area contributed by atoms with Crippen molar-refractivity contribution in [1.29, 1.82) is 0 Å². The highest BCUT2D eigenvalue weighted by Crippen LogP contribution is 2.24. The summed E-state index contributed by atoms with van der Waals surface area (Å²) in [6, 6.07) is 11.3. The molecule has 2 heterocycles. The van der Waals surface area contributed by atoms with Crippen LogP contribution in [-0.2, 0) is 4.79 Å². The molecule has 0 radical (unpaired) electrons. The van der Waals surface area contributed by atoms with Crippen molar-refractivity contribution in [3.63, 3.8) is 0 Å². The summed E-state index contributed by atoms with van der Waals surface area (Å²) in [5.74, 6) is 4.77. The van der Waals surface area contributed by atoms with Gasteiger partial charge >= 0.3 is 0 Å². The Hall–Kier alpha value is -3.13. The molecule has 0 aliphatic carbocycles. The van der Waals surface area contributed by atoms with Crippen molar-refractivity contribution in [2.24, 2.45) is 0 Å². The van der Waals surface area contributed by atoms with Crippen LogP contribution in [0.25, 0.3) is 11.3 Å². The van der Waals surface area contributed by atoms with E-state index in [-0.39, 0.29) is 18.4 Å². The first-order valence-electron chi connectivity index (χ1n) is 7.14. The van der Waals surface area contributed by atoms with Gasteiger partial charge in [-0.3, -0.25) is 14.3 Å². The number of nitrogens with two attached hydrogens (primary N) is 1. The lowest BCUT2D eigenvalue weighted by Gasteiger charge is -2.03. The van der Waals surface area contributed by atoms with Crippen LogP contribution in [0.5, 0.6) is 0 Å². The second-order valence-electron chi connectivity index (χ2n) is 4.98. The monoisotopic (exact) mass is 341 g/mol. The predicted molar refractivity (Wildman–Crippen MR) is 93.1 cm³/mol. The highest BCUT2D eigenvalue weighted by molar-refractivity contribution is 7.14. The van der Waals surface area contributed by atoms with E-state index >= 15 is 0 Å². The average molecular weight is 341 g/mol. The molecule has 0 saturated heterocycles. The van der Waals surface area contributed by atoms with Crippen LogP contribution in [0.3, 0.4) is 0 Å². The van der Waals surface area contributed by atoms with Crippen molar-refractivity contribution in [2.75, 3.05) is 17.7 Å². The maximum absolute atomic E-state index is 11.9. The molecule has 1 aromatic carbocycles. The van der Waals surface area contributed by atoms with Crippen LogP contribution in [0, 0.1) is 0 Å². The van der Waals surface area contributed by atoms with Gasteiger partial charge in [-0.25, -0.2) is 4.98 Å². The number of rotatable bonds is 5. The third-order valence-corrected chi connectivity index (χ3v) is 3.96. The van der Waals surface area contributed by atoms with Gasteiger partial charge in [-0.15, -0.1) is 11.3 Å². The number of hydrogen-bond donors (Lipinski definition) is 3. The lowest BCUT2D eigenvalue weighted by atomic mass is 10.2. The minimum absolute atomic E-state index is 0.144. The summed E-state index contributed by atoms with van der Waals surface area (Å²) in [5.41, 5.74) is 2.17. The van der Waals surface area contributed by atoms with Crippen LogP contribution in [0.15, 0.2) is 54.2 Å². The minimum atomic E-state index is -0.363. The molecule has 0 spiro atoms. The fourth-order valence-corrected chi connectivity index (χ4v) is 2.78. The Kier molecular flexibility index (Phi) is 4.57. The van der Waals surface area contributed by atoms with E-state index in [0.29, 0.717) is 10.7 Å². The topological polar surface area (TPSA) is 102 Å². The van der Waals surface area contributed by atoms with Gasteiger partial charge in [-0.1, -0.05) is 30.3 Å². The molecule has 2 amide bonds. The van der Waals surface area contributed by atoms with Crippen LogP contribution in [0.2, 0.25) is 0 Å². The number of nitrogen functional groups attached to an aromatic ring is 1. The maximum Gasteiger partial charge on any atom is 0.253 e. The van der Waals surface area contributed by atoms with Crippen molar-refractivity contribution < 1.29 is 9.59 Å². The summed E-state index contributed by atoms with van der Waals surface area (Å²) in [7, 11) is 0. The van der Waals surface area contributed by atoms with Crippen LogP contribution in [-0.4, -0.2) is 28.0 Å². The zero-order valence-corrected chi connectivity index (χ0v) is 13.4. The Morgan fingerprint density at radius 1 is 1.21 bits per heavy atom. The molecule has 24 heavy (non-hydrogen) atoms. The third kappa shape index (κ3) is 3.79. The van der Waals surface area contributed by atoms with Crippen LogP contribution in [0.1, 0.15) is 10.4 Å². The van der Waals surface area contributed by atoms with Crippen molar-refractivity contribution in [3.8, 4) is 11.3 Å². The van der Waals surface area contributed by atoms with Gasteiger partial charge in [0.05, 0.1) is 17.8 Å². The van der Waals surface area contributed by atoms with E-state index in [0.717, 1.165) is 11.3 Å². The second kappa shape index (κ2) is 6.97. The minimum Gasteiger partial charge on any atom is -0.343 e. The summed E-state index contributed by atoms with van der Waals surface area (Å²) in [5, 5.41) is 7.55. The number of hydrogen-bond acceptors (Lipinski definition) is 5. The van der Waals surface area contributed by atoms with Gasteiger partial charge in [-0.05, 0) is 6.07 Å². The third-order valence-electron chi connectivity index (χ3n) is 3.21. The highest BCUT2D eigenvalue weighted by atomic mass is 32.1. The molecule has 0 unspecified atom stereocenters. The molecule has 0 bridgehead atoms. The van der Waals surface area contributed by atoms with Crippen molar-refractivity contribution in [3.05, 3.63) is 59.7 Å². The molecular weight excluding hydrogens is 326 g/mol. The van der Waals surface area contributed by atoms with E-state index in [4.69, 9.17) is 5.84 Å². The fourth-order valence-electron chi connectivity index (χ4n) is 2.05. The lowest BCUT2D eigenvalue weighted by molar-refractivity contribution is -0.115.